The third kappa shape index (κ3) is 3.64. The summed E-state index contributed by atoms with van der Waals surface area (Å²) in [7, 11) is 0. The minimum Gasteiger partial charge on any atom is -0.335 e. The molecule has 0 aromatic carbocycles. The number of nitrogens with one attached hydrogen (secondary N) is 1. The van der Waals surface area contributed by atoms with E-state index < -0.39 is 0 Å². The van der Waals surface area contributed by atoms with Gasteiger partial charge in [-0.2, -0.15) is 0 Å². The summed E-state index contributed by atoms with van der Waals surface area (Å²) in [5.74, 6) is 1.11. The molecule has 0 radical (unpaired) electrons. The molecule has 1 N–H and O–H groups in total. The first-order chi connectivity index (χ1) is 9.35. The minimum atomic E-state index is 0.230. The van der Waals surface area contributed by atoms with Crippen LogP contribution in [0.2, 0.25) is 0 Å². The molecule has 1 atom stereocenters. The van der Waals surface area contributed by atoms with Crippen molar-refractivity contribution in [1.29, 1.82) is 0 Å². The highest BCUT2D eigenvalue weighted by molar-refractivity contribution is 5.11. The Morgan fingerprint density at radius 1 is 1.21 bits per heavy atom. The van der Waals surface area contributed by atoms with E-state index in [1.165, 1.54) is 0 Å². The standard InChI is InChI=1S/C15H22N4/c1-3-8-16-14(13-7-5-6-9-17-13)12-15-18-10-11-19(15)4-2/h5-7,9-11,14,16H,3-4,8,12H2,1-2H3. The number of aryl methyl sites for hydroxylation is 1. The van der Waals surface area contributed by atoms with Crippen LogP contribution in [0.4, 0.5) is 0 Å². The average molecular weight is 258 g/mol. The molecule has 0 saturated heterocycles. The van der Waals surface area contributed by atoms with Crippen molar-refractivity contribution in [1.82, 2.24) is 19.9 Å². The summed E-state index contributed by atoms with van der Waals surface area (Å²) < 4.78 is 2.18. The number of hydrogen-bond donors (Lipinski definition) is 1. The van der Waals surface area contributed by atoms with Gasteiger partial charge in [0.2, 0.25) is 0 Å². The van der Waals surface area contributed by atoms with Crippen molar-refractivity contribution in [2.75, 3.05) is 6.54 Å². The second kappa shape index (κ2) is 7.04. The van der Waals surface area contributed by atoms with E-state index in [-0.39, 0.29) is 6.04 Å². The summed E-state index contributed by atoms with van der Waals surface area (Å²) in [6.07, 6.45) is 7.74. The molecule has 0 aliphatic heterocycles. The summed E-state index contributed by atoms with van der Waals surface area (Å²) in [5.41, 5.74) is 1.08. The summed E-state index contributed by atoms with van der Waals surface area (Å²) in [6, 6.07) is 6.30. The lowest BCUT2D eigenvalue weighted by molar-refractivity contribution is 0.496. The van der Waals surface area contributed by atoms with Gasteiger partial charge in [0.05, 0.1) is 11.7 Å². The van der Waals surface area contributed by atoms with Gasteiger partial charge < -0.3 is 9.88 Å². The topological polar surface area (TPSA) is 42.7 Å². The minimum absolute atomic E-state index is 0.230. The van der Waals surface area contributed by atoms with Crippen LogP contribution in [0.5, 0.6) is 0 Å². The van der Waals surface area contributed by atoms with Crippen LogP contribution in [0.15, 0.2) is 36.8 Å². The molecule has 4 heteroatoms. The lowest BCUT2D eigenvalue weighted by atomic mass is 10.1. The van der Waals surface area contributed by atoms with E-state index >= 15 is 0 Å². The fourth-order valence-corrected chi connectivity index (χ4v) is 2.18. The van der Waals surface area contributed by atoms with Crippen molar-refractivity contribution in [3.8, 4) is 0 Å². The predicted molar refractivity (Wildman–Crippen MR) is 76.9 cm³/mol. The van der Waals surface area contributed by atoms with Gasteiger partial charge in [0.1, 0.15) is 5.82 Å². The van der Waals surface area contributed by atoms with Gasteiger partial charge in [0.15, 0.2) is 0 Å². The lowest BCUT2D eigenvalue weighted by Crippen LogP contribution is -2.26. The zero-order valence-electron chi connectivity index (χ0n) is 11.7. The van der Waals surface area contributed by atoms with E-state index in [0.717, 1.165) is 37.4 Å². The molecule has 4 nitrogen and oxygen atoms in total. The molecule has 0 fully saturated rings. The van der Waals surface area contributed by atoms with Crippen LogP contribution in [0.3, 0.4) is 0 Å². The Kier molecular flexibility index (Phi) is 5.10. The number of rotatable bonds is 7. The van der Waals surface area contributed by atoms with Gasteiger partial charge in [0.25, 0.3) is 0 Å². The smallest absolute Gasteiger partial charge is 0.110 e. The molecule has 19 heavy (non-hydrogen) atoms. The first kappa shape index (κ1) is 13.7. The van der Waals surface area contributed by atoms with E-state index in [4.69, 9.17) is 0 Å². The zero-order valence-corrected chi connectivity index (χ0v) is 11.7. The van der Waals surface area contributed by atoms with Gasteiger partial charge in [-0.15, -0.1) is 0 Å². The average Bonchev–Trinajstić information content (AvgIpc) is 2.91. The molecule has 0 aliphatic rings. The van der Waals surface area contributed by atoms with Crippen LogP contribution in [0.25, 0.3) is 0 Å². The van der Waals surface area contributed by atoms with E-state index in [1.807, 2.05) is 30.7 Å². The molecule has 0 bridgehead atoms. The maximum absolute atomic E-state index is 4.47. The van der Waals surface area contributed by atoms with Crippen molar-refractivity contribution in [3.05, 3.63) is 48.3 Å². The fourth-order valence-electron chi connectivity index (χ4n) is 2.18. The molecule has 0 amide bonds. The van der Waals surface area contributed by atoms with Crippen LogP contribution in [-0.2, 0) is 13.0 Å². The normalized spacial score (nSPS) is 12.5. The highest BCUT2D eigenvalue weighted by Crippen LogP contribution is 2.15. The summed E-state index contributed by atoms with van der Waals surface area (Å²) >= 11 is 0. The molecule has 1 unspecified atom stereocenters. The van der Waals surface area contributed by atoms with Crippen molar-refractivity contribution in [2.45, 2.75) is 39.3 Å². The van der Waals surface area contributed by atoms with Crippen LogP contribution >= 0.6 is 0 Å². The second-order valence-electron chi connectivity index (χ2n) is 4.59. The Labute approximate surface area is 114 Å². The Bertz CT molecular complexity index is 478. The van der Waals surface area contributed by atoms with Crippen LogP contribution in [0.1, 0.15) is 37.8 Å². The fraction of sp³-hybridized carbons (Fsp3) is 0.467. The molecule has 2 rings (SSSR count). The zero-order chi connectivity index (χ0) is 13.5. The maximum atomic E-state index is 4.47. The van der Waals surface area contributed by atoms with Crippen molar-refractivity contribution in [3.63, 3.8) is 0 Å². The van der Waals surface area contributed by atoms with E-state index in [9.17, 15) is 0 Å². The molecule has 0 aliphatic carbocycles. The first-order valence-corrected chi connectivity index (χ1v) is 6.99. The summed E-state index contributed by atoms with van der Waals surface area (Å²) in [5, 5.41) is 3.56. The predicted octanol–water partition coefficient (Wildman–Crippen LogP) is 2.58. The van der Waals surface area contributed by atoms with Crippen LogP contribution in [0, 0.1) is 0 Å². The maximum Gasteiger partial charge on any atom is 0.110 e. The number of nitrogens with zero attached hydrogens (tertiary/aromatic N) is 3. The van der Waals surface area contributed by atoms with Crippen molar-refractivity contribution >= 4 is 0 Å². The van der Waals surface area contributed by atoms with Crippen molar-refractivity contribution in [2.24, 2.45) is 0 Å². The Morgan fingerprint density at radius 2 is 2.11 bits per heavy atom. The highest BCUT2D eigenvalue weighted by Gasteiger charge is 2.15. The number of aromatic nitrogens is 3. The van der Waals surface area contributed by atoms with Gasteiger partial charge in [0, 0.05) is 31.6 Å². The van der Waals surface area contributed by atoms with E-state index in [2.05, 4.69) is 39.8 Å². The molecule has 0 saturated carbocycles. The highest BCUT2D eigenvalue weighted by atomic mass is 15.1. The van der Waals surface area contributed by atoms with E-state index in [1.54, 1.807) is 0 Å². The second-order valence-corrected chi connectivity index (χ2v) is 4.59. The van der Waals surface area contributed by atoms with Gasteiger partial charge in [-0.1, -0.05) is 13.0 Å². The molecule has 102 valence electrons. The Morgan fingerprint density at radius 3 is 2.79 bits per heavy atom. The van der Waals surface area contributed by atoms with Gasteiger partial charge in [-0.3, -0.25) is 4.98 Å². The molecule has 2 heterocycles. The molecular weight excluding hydrogens is 236 g/mol. The molecule has 2 aromatic heterocycles. The SMILES string of the molecule is CCCNC(Cc1nccn1CC)c1ccccn1. The molecule has 0 spiro atoms. The molecule has 2 aromatic rings. The third-order valence-electron chi connectivity index (χ3n) is 3.21. The van der Waals surface area contributed by atoms with Gasteiger partial charge in [-0.05, 0) is 32.0 Å². The summed E-state index contributed by atoms with van der Waals surface area (Å²) in [4.78, 5) is 8.92. The number of pyridine rings is 1. The van der Waals surface area contributed by atoms with Crippen LogP contribution in [-0.4, -0.2) is 21.1 Å². The molecular formula is C15H22N4. The first-order valence-electron chi connectivity index (χ1n) is 6.99. The van der Waals surface area contributed by atoms with Gasteiger partial charge >= 0.3 is 0 Å². The monoisotopic (exact) mass is 258 g/mol. The Balaban J connectivity index is 2.14. The van der Waals surface area contributed by atoms with Crippen LogP contribution < -0.4 is 5.32 Å². The van der Waals surface area contributed by atoms with Crippen molar-refractivity contribution < 1.29 is 0 Å². The number of imidazole rings is 1. The number of hydrogen-bond acceptors (Lipinski definition) is 3. The van der Waals surface area contributed by atoms with Gasteiger partial charge in [-0.25, -0.2) is 4.98 Å². The largest absolute Gasteiger partial charge is 0.335 e. The lowest BCUT2D eigenvalue weighted by Gasteiger charge is -2.18. The quantitative estimate of drug-likeness (QED) is 0.830. The third-order valence-corrected chi connectivity index (χ3v) is 3.21. The summed E-state index contributed by atoms with van der Waals surface area (Å²) in [6.45, 7) is 6.27. The Hall–Kier alpha value is -1.68. The van der Waals surface area contributed by atoms with E-state index in [0.29, 0.717) is 0 Å².